The number of hydrogen-bond acceptors (Lipinski definition) is 6. The van der Waals surface area contributed by atoms with Crippen molar-refractivity contribution in [1.82, 2.24) is 5.01 Å². The number of amidine groups is 2. The Bertz CT molecular complexity index is 893. The number of carbonyl (C=O) groups excluding carboxylic acids is 1. The molecule has 0 radical (unpaired) electrons. The summed E-state index contributed by atoms with van der Waals surface area (Å²) in [5.74, 6) is -0.469. The second-order valence-electron chi connectivity index (χ2n) is 5.03. The Hall–Kier alpha value is -2.82. The number of methoxy groups -OCH3 is 2. The lowest BCUT2D eigenvalue weighted by Crippen LogP contribution is -2.35. The van der Waals surface area contributed by atoms with Crippen LogP contribution in [0.25, 0.3) is 6.08 Å². The second-order valence-corrected chi connectivity index (χ2v) is 5.99. The summed E-state index contributed by atoms with van der Waals surface area (Å²) in [4.78, 5) is 15.8. The van der Waals surface area contributed by atoms with Crippen LogP contribution in [-0.4, -0.2) is 47.4 Å². The normalized spacial score (nSPS) is 18.7. The van der Waals surface area contributed by atoms with Gasteiger partial charge in [-0.15, -0.1) is 0 Å². The molecule has 1 N–H and O–H groups in total. The van der Waals surface area contributed by atoms with Crippen molar-refractivity contribution in [3.8, 4) is 11.5 Å². The van der Waals surface area contributed by atoms with E-state index in [1.54, 1.807) is 18.2 Å². The van der Waals surface area contributed by atoms with Crippen LogP contribution in [0.5, 0.6) is 11.5 Å². The molecule has 0 bridgehead atoms. The van der Waals surface area contributed by atoms with Gasteiger partial charge in [0.05, 0.1) is 19.8 Å². The summed E-state index contributed by atoms with van der Waals surface area (Å²) in [7, 11) is 2.88. The van der Waals surface area contributed by atoms with E-state index in [4.69, 9.17) is 14.9 Å². The van der Waals surface area contributed by atoms with E-state index in [9.17, 15) is 18.0 Å². The fourth-order valence-corrected chi connectivity index (χ4v) is 2.97. The Morgan fingerprint density at radius 2 is 2.00 bits per heavy atom. The van der Waals surface area contributed by atoms with Gasteiger partial charge in [-0.1, -0.05) is 0 Å². The first-order chi connectivity index (χ1) is 12.2. The van der Waals surface area contributed by atoms with Crippen molar-refractivity contribution in [3.05, 3.63) is 29.3 Å². The van der Waals surface area contributed by atoms with Crippen molar-refractivity contribution >= 4 is 39.8 Å². The minimum atomic E-state index is -4.69. The first-order valence-corrected chi connectivity index (χ1v) is 7.85. The summed E-state index contributed by atoms with van der Waals surface area (Å²) in [6.07, 6.45) is -3.38. The number of benzene rings is 1. The van der Waals surface area contributed by atoms with Gasteiger partial charge in [-0.05, 0) is 36.0 Å². The van der Waals surface area contributed by atoms with Gasteiger partial charge in [-0.2, -0.15) is 28.3 Å². The van der Waals surface area contributed by atoms with Crippen LogP contribution in [0.15, 0.2) is 33.9 Å². The Balaban J connectivity index is 2.03. The Morgan fingerprint density at radius 3 is 2.62 bits per heavy atom. The van der Waals surface area contributed by atoms with E-state index in [0.29, 0.717) is 22.1 Å². The van der Waals surface area contributed by atoms with Crippen LogP contribution >= 0.6 is 11.8 Å². The van der Waals surface area contributed by atoms with E-state index in [1.165, 1.54) is 20.3 Å². The standard InChI is InChI=1S/C15H11F3N4O3S/c1-24-8-3-4-10(25-2)7(5-8)6-9-11(19)22-14(20-12(9)23)26-13(21-22)15(16,17)18/h3-6,19H,1-2H3/b9-6+,19-11?. The topological polar surface area (TPSA) is 87.3 Å². The fraction of sp³-hybridized carbons (Fsp3) is 0.200. The quantitative estimate of drug-likeness (QED) is 0.810. The van der Waals surface area contributed by atoms with Gasteiger partial charge in [0.25, 0.3) is 5.91 Å². The monoisotopic (exact) mass is 384 g/mol. The van der Waals surface area contributed by atoms with Gasteiger partial charge in [0.15, 0.2) is 5.84 Å². The Labute approximate surface area is 149 Å². The first kappa shape index (κ1) is 18.0. The van der Waals surface area contributed by atoms with Crippen molar-refractivity contribution in [2.75, 3.05) is 14.2 Å². The molecule has 1 amide bonds. The average Bonchev–Trinajstić information content (AvgIpc) is 3.02. The third-order valence-corrected chi connectivity index (χ3v) is 4.39. The van der Waals surface area contributed by atoms with Crippen LogP contribution in [0.4, 0.5) is 13.2 Å². The summed E-state index contributed by atoms with van der Waals surface area (Å²) in [5, 5.41) is 10.6. The molecule has 3 rings (SSSR count). The maximum atomic E-state index is 12.8. The highest BCUT2D eigenvalue weighted by Gasteiger charge is 2.46. The van der Waals surface area contributed by atoms with Crippen LogP contribution in [0.3, 0.4) is 0 Å². The predicted octanol–water partition coefficient (Wildman–Crippen LogP) is 2.89. The predicted molar refractivity (Wildman–Crippen MR) is 90.6 cm³/mol. The van der Waals surface area contributed by atoms with Gasteiger partial charge in [0.2, 0.25) is 10.2 Å². The molecule has 0 aliphatic carbocycles. The molecule has 0 saturated heterocycles. The summed E-state index contributed by atoms with van der Waals surface area (Å²) >= 11 is 0.198. The number of ether oxygens (including phenoxy) is 2. The van der Waals surface area contributed by atoms with E-state index >= 15 is 0 Å². The number of rotatable bonds is 3. The highest BCUT2D eigenvalue weighted by atomic mass is 32.2. The van der Waals surface area contributed by atoms with E-state index in [2.05, 4.69) is 10.1 Å². The molecule has 1 aromatic carbocycles. The fourth-order valence-electron chi connectivity index (χ4n) is 2.21. The Morgan fingerprint density at radius 1 is 1.27 bits per heavy atom. The summed E-state index contributed by atoms with van der Waals surface area (Å²) < 4.78 is 48.8. The van der Waals surface area contributed by atoms with Crippen molar-refractivity contribution in [2.45, 2.75) is 6.18 Å². The van der Waals surface area contributed by atoms with E-state index < -0.39 is 23.0 Å². The third-order valence-electron chi connectivity index (χ3n) is 3.43. The number of fused-ring (bicyclic) bond motifs is 1. The smallest absolute Gasteiger partial charge is 0.441 e. The SMILES string of the molecule is COc1ccc(OC)c(/C=C2\C(=N)N3N=C(C(F)(F)F)SC3=NC2=O)c1. The minimum absolute atomic E-state index is 0.198. The summed E-state index contributed by atoms with van der Waals surface area (Å²) in [6.45, 7) is 0. The molecule has 0 saturated carbocycles. The number of carbonyl (C=O) groups is 1. The van der Waals surface area contributed by atoms with Gasteiger partial charge in [0.1, 0.15) is 11.5 Å². The largest absolute Gasteiger partial charge is 0.497 e. The molecule has 2 aliphatic heterocycles. The van der Waals surface area contributed by atoms with E-state index in [1.807, 2.05) is 0 Å². The molecule has 2 heterocycles. The lowest BCUT2D eigenvalue weighted by atomic mass is 10.1. The molecule has 2 aliphatic rings. The van der Waals surface area contributed by atoms with E-state index in [0.717, 1.165) is 0 Å². The number of thioether (sulfide) groups is 1. The van der Waals surface area contributed by atoms with Gasteiger partial charge >= 0.3 is 6.18 Å². The molecule has 7 nitrogen and oxygen atoms in total. The van der Waals surface area contributed by atoms with Gasteiger partial charge in [-0.25, -0.2) is 0 Å². The highest BCUT2D eigenvalue weighted by molar-refractivity contribution is 8.27. The van der Waals surface area contributed by atoms with E-state index in [-0.39, 0.29) is 22.5 Å². The number of alkyl halides is 3. The zero-order valence-corrected chi connectivity index (χ0v) is 14.2. The molecule has 1 aromatic rings. The van der Waals surface area contributed by atoms with Crippen LogP contribution in [0, 0.1) is 5.41 Å². The molecule has 0 aromatic heterocycles. The zero-order valence-electron chi connectivity index (χ0n) is 13.4. The number of hydrogen-bond donors (Lipinski definition) is 1. The molecular formula is C15H11F3N4O3S. The van der Waals surface area contributed by atoms with Gasteiger partial charge in [0, 0.05) is 5.56 Å². The van der Waals surface area contributed by atoms with Crippen molar-refractivity contribution in [1.29, 1.82) is 5.41 Å². The van der Waals surface area contributed by atoms with Crippen molar-refractivity contribution < 1.29 is 27.4 Å². The number of aliphatic imine (C=N–C) groups is 1. The number of hydrazone groups is 1. The van der Waals surface area contributed by atoms with Crippen LogP contribution in [0.1, 0.15) is 5.56 Å². The summed E-state index contributed by atoms with van der Waals surface area (Å²) in [5.41, 5.74) is 0.193. The molecular weight excluding hydrogens is 373 g/mol. The van der Waals surface area contributed by atoms with Crippen LogP contribution in [0.2, 0.25) is 0 Å². The average molecular weight is 384 g/mol. The molecule has 0 atom stereocenters. The number of amides is 1. The van der Waals surface area contributed by atoms with Crippen LogP contribution < -0.4 is 9.47 Å². The van der Waals surface area contributed by atoms with Crippen molar-refractivity contribution in [2.24, 2.45) is 10.1 Å². The molecule has 0 fully saturated rings. The lowest BCUT2D eigenvalue weighted by molar-refractivity contribution is -0.114. The zero-order chi connectivity index (χ0) is 19.1. The summed E-state index contributed by atoms with van der Waals surface area (Å²) in [6, 6.07) is 4.80. The maximum absolute atomic E-state index is 12.8. The number of halogens is 3. The number of nitrogens with one attached hydrogen (secondary N) is 1. The molecule has 136 valence electrons. The molecule has 0 spiro atoms. The highest BCUT2D eigenvalue weighted by Crippen LogP contribution is 2.36. The van der Waals surface area contributed by atoms with Gasteiger partial charge in [-0.3, -0.25) is 10.2 Å². The lowest BCUT2D eigenvalue weighted by Gasteiger charge is -2.20. The molecule has 11 heteroatoms. The first-order valence-electron chi connectivity index (χ1n) is 7.04. The Kier molecular flexibility index (Phi) is 4.48. The van der Waals surface area contributed by atoms with Gasteiger partial charge < -0.3 is 9.47 Å². The van der Waals surface area contributed by atoms with Crippen molar-refractivity contribution in [3.63, 3.8) is 0 Å². The number of nitrogens with zero attached hydrogens (tertiary/aromatic N) is 3. The van der Waals surface area contributed by atoms with Crippen LogP contribution in [-0.2, 0) is 4.79 Å². The second kappa shape index (κ2) is 6.48. The minimum Gasteiger partial charge on any atom is -0.497 e. The maximum Gasteiger partial charge on any atom is 0.441 e. The molecule has 0 unspecified atom stereocenters. The third kappa shape index (κ3) is 3.17. The molecule has 26 heavy (non-hydrogen) atoms.